The van der Waals surface area contributed by atoms with Crippen LogP contribution in [0.15, 0.2) is 24.3 Å². The fourth-order valence-electron chi connectivity index (χ4n) is 3.50. The van der Waals surface area contributed by atoms with Crippen LogP contribution >= 0.6 is 0 Å². The predicted octanol–water partition coefficient (Wildman–Crippen LogP) is 1.44. The number of piperazine rings is 1. The van der Waals surface area contributed by atoms with Crippen LogP contribution in [-0.4, -0.2) is 85.0 Å². The number of carbonyl (C=O) groups is 3. The third-order valence-electron chi connectivity index (χ3n) is 5.13. The van der Waals surface area contributed by atoms with Crippen LogP contribution in [0.3, 0.4) is 0 Å². The zero-order valence-corrected chi connectivity index (χ0v) is 16.0. The number of nitrogens with zero attached hydrogens (tertiary/aromatic N) is 4. The van der Waals surface area contributed by atoms with Gasteiger partial charge < -0.3 is 20.0 Å². The third-order valence-corrected chi connectivity index (χ3v) is 5.13. The van der Waals surface area contributed by atoms with E-state index < -0.39 is 0 Å². The highest BCUT2D eigenvalue weighted by Crippen LogP contribution is 2.20. The van der Waals surface area contributed by atoms with E-state index in [4.69, 9.17) is 0 Å². The maximum atomic E-state index is 12.9. The SMILES string of the molecule is CCN(CC)C(=O)N1CCN(C(=O)c2cccc(N3CCNC3=O)c2)CC1. The largest absolute Gasteiger partial charge is 0.336 e. The molecule has 0 aromatic heterocycles. The van der Waals surface area contributed by atoms with Crippen LogP contribution in [-0.2, 0) is 0 Å². The van der Waals surface area contributed by atoms with E-state index in [9.17, 15) is 14.4 Å². The van der Waals surface area contributed by atoms with E-state index in [0.29, 0.717) is 57.9 Å². The van der Waals surface area contributed by atoms with Crippen molar-refractivity contribution in [1.82, 2.24) is 20.0 Å². The Labute approximate surface area is 159 Å². The second-order valence-corrected chi connectivity index (χ2v) is 6.67. The zero-order valence-electron chi connectivity index (χ0n) is 16.0. The summed E-state index contributed by atoms with van der Waals surface area (Å²) in [6.07, 6.45) is 0. The van der Waals surface area contributed by atoms with Crippen molar-refractivity contribution in [2.75, 3.05) is 57.3 Å². The first kappa shape index (κ1) is 19.0. The smallest absolute Gasteiger partial charge is 0.321 e. The fourth-order valence-corrected chi connectivity index (χ4v) is 3.50. The quantitative estimate of drug-likeness (QED) is 0.868. The first-order valence-electron chi connectivity index (χ1n) is 9.53. The van der Waals surface area contributed by atoms with Gasteiger partial charge in [-0.25, -0.2) is 9.59 Å². The molecule has 27 heavy (non-hydrogen) atoms. The molecular weight excluding hydrogens is 346 g/mol. The molecule has 5 amide bonds. The Morgan fingerprint density at radius 2 is 1.70 bits per heavy atom. The summed E-state index contributed by atoms with van der Waals surface area (Å²) in [4.78, 5) is 44.1. The molecule has 0 radical (unpaired) electrons. The standard InChI is InChI=1S/C19H27N5O3/c1-3-21(4-2)19(27)23-12-10-22(11-13-23)17(25)15-6-5-7-16(14-15)24-9-8-20-18(24)26/h5-7,14H,3-4,8-13H2,1-2H3,(H,20,26). The summed E-state index contributed by atoms with van der Waals surface area (Å²) >= 11 is 0. The van der Waals surface area contributed by atoms with E-state index >= 15 is 0 Å². The van der Waals surface area contributed by atoms with Crippen molar-refractivity contribution in [2.24, 2.45) is 0 Å². The second kappa shape index (κ2) is 8.28. The highest BCUT2D eigenvalue weighted by atomic mass is 16.2. The molecule has 146 valence electrons. The lowest BCUT2D eigenvalue weighted by Crippen LogP contribution is -2.54. The summed E-state index contributed by atoms with van der Waals surface area (Å²) in [6, 6.07) is 7.07. The fraction of sp³-hybridized carbons (Fsp3) is 0.526. The van der Waals surface area contributed by atoms with E-state index in [1.807, 2.05) is 24.8 Å². The Morgan fingerprint density at radius 3 is 2.30 bits per heavy atom. The van der Waals surface area contributed by atoms with Gasteiger partial charge in [0.25, 0.3) is 5.91 Å². The maximum Gasteiger partial charge on any atom is 0.321 e. The van der Waals surface area contributed by atoms with Crippen molar-refractivity contribution >= 4 is 23.7 Å². The molecule has 0 spiro atoms. The van der Waals surface area contributed by atoms with Crippen molar-refractivity contribution in [2.45, 2.75) is 13.8 Å². The molecule has 2 aliphatic rings. The number of hydrogen-bond donors (Lipinski definition) is 1. The highest BCUT2D eigenvalue weighted by molar-refractivity contribution is 5.98. The molecule has 8 nitrogen and oxygen atoms in total. The lowest BCUT2D eigenvalue weighted by molar-refractivity contribution is 0.0641. The van der Waals surface area contributed by atoms with Gasteiger partial charge in [0.05, 0.1) is 0 Å². The van der Waals surface area contributed by atoms with Gasteiger partial charge in [-0.1, -0.05) is 6.07 Å². The number of nitrogens with one attached hydrogen (secondary N) is 1. The zero-order chi connectivity index (χ0) is 19.4. The normalized spacial score (nSPS) is 17.1. The predicted molar refractivity (Wildman–Crippen MR) is 103 cm³/mol. The van der Waals surface area contributed by atoms with Crippen LogP contribution in [0, 0.1) is 0 Å². The van der Waals surface area contributed by atoms with Crippen LogP contribution < -0.4 is 10.2 Å². The van der Waals surface area contributed by atoms with Crippen LogP contribution in [0.25, 0.3) is 0 Å². The first-order chi connectivity index (χ1) is 13.0. The molecule has 2 saturated heterocycles. The minimum absolute atomic E-state index is 0.0362. The molecule has 0 aliphatic carbocycles. The van der Waals surface area contributed by atoms with Gasteiger partial charge in [0.15, 0.2) is 0 Å². The number of carbonyl (C=O) groups excluding carboxylic acids is 3. The van der Waals surface area contributed by atoms with Gasteiger partial charge in [-0.05, 0) is 32.0 Å². The Morgan fingerprint density at radius 1 is 1.04 bits per heavy atom. The monoisotopic (exact) mass is 373 g/mol. The lowest BCUT2D eigenvalue weighted by Gasteiger charge is -2.37. The van der Waals surface area contributed by atoms with Crippen molar-refractivity contribution in [3.05, 3.63) is 29.8 Å². The molecule has 0 atom stereocenters. The van der Waals surface area contributed by atoms with E-state index in [0.717, 1.165) is 5.69 Å². The summed E-state index contributed by atoms with van der Waals surface area (Å²) in [6.45, 7) is 8.62. The number of rotatable bonds is 4. The van der Waals surface area contributed by atoms with Gasteiger partial charge in [0, 0.05) is 63.6 Å². The van der Waals surface area contributed by atoms with Gasteiger partial charge in [-0.2, -0.15) is 0 Å². The van der Waals surface area contributed by atoms with E-state index in [1.165, 1.54) is 0 Å². The Hall–Kier alpha value is -2.77. The summed E-state index contributed by atoms with van der Waals surface area (Å²) in [5, 5.41) is 2.76. The minimum atomic E-state index is -0.136. The molecule has 0 bridgehead atoms. The van der Waals surface area contributed by atoms with E-state index in [-0.39, 0.29) is 18.0 Å². The highest BCUT2D eigenvalue weighted by Gasteiger charge is 2.27. The second-order valence-electron chi connectivity index (χ2n) is 6.67. The lowest BCUT2D eigenvalue weighted by atomic mass is 10.1. The van der Waals surface area contributed by atoms with E-state index in [2.05, 4.69) is 5.32 Å². The maximum absolute atomic E-state index is 12.9. The van der Waals surface area contributed by atoms with Crippen molar-refractivity contribution in [3.63, 3.8) is 0 Å². The number of anilines is 1. The molecule has 1 N–H and O–H groups in total. The van der Waals surface area contributed by atoms with Crippen LogP contribution in [0.1, 0.15) is 24.2 Å². The van der Waals surface area contributed by atoms with Gasteiger partial charge in [0.2, 0.25) is 0 Å². The third kappa shape index (κ3) is 3.99. The van der Waals surface area contributed by atoms with Crippen LogP contribution in [0.5, 0.6) is 0 Å². The molecule has 1 aromatic rings. The van der Waals surface area contributed by atoms with Gasteiger partial charge in [0.1, 0.15) is 0 Å². The molecule has 2 fully saturated rings. The van der Waals surface area contributed by atoms with Crippen molar-refractivity contribution in [1.29, 1.82) is 0 Å². The van der Waals surface area contributed by atoms with Gasteiger partial charge in [-0.15, -0.1) is 0 Å². The summed E-state index contributed by atoms with van der Waals surface area (Å²) in [7, 11) is 0. The minimum Gasteiger partial charge on any atom is -0.336 e. The molecular formula is C19H27N5O3. The molecule has 2 aliphatic heterocycles. The summed E-state index contributed by atoms with van der Waals surface area (Å²) < 4.78 is 0. The average Bonchev–Trinajstić information content (AvgIpc) is 3.14. The Bertz CT molecular complexity index is 711. The molecule has 0 saturated carbocycles. The molecule has 3 rings (SSSR count). The topological polar surface area (TPSA) is 76.2 Å². The average molecular weight is 373 g/mol. The van der Waals surface area contributed by atoms with Crippen LogP contribution in [0.4, 0.5) is 15.3 Å². The molecule has 8 heteroatoms. The molecule has 2 heterocycles. The number of urea groups is 2. The molecule has 0 unspecified atom stereocenters. The number of amides is 5. The summed E-state index contributed by atoms with van der Waals surface area (Å²) in [5.74, 6) is -0.0635. The van der Waals surface area contributed by atoms with E-state index in [1.54, 1.807) is 32.9 Å². The van der Waals surface area contributed by atoms with Gasteiger partial charge in [-0.3, -0.25) is 9.69 Å². The Balaban J connectivity index is 1.63. The van der Waals surface area contributed by atoms with Crippen molar-refractivity contribution < 1.29 is 14.4 Å². The Kier molecular flexibility index (Phi) is 5.83. The summed E-state index contributed by atoms with van der Waals surface area (Å²) in [5.41, 5.74) is 1.29. The first-order valence-corrected chi connectivity index (χ1v) is 9.53. The van der Waals surface area contributed by atoms with Crippen molar-refractivity contribution in [3.8, 4) is 0 Å². The van der Waals surface area contributed by atoms with Gasteiger partial charge >= 0.3 is 12.1 Å². The molecule has 1 aromatic carbocycles. The number of benzene rings is 1. The van der Waals surface area contributed by atoms with Crippen LogP contribution in [0.2, 0.25) is 0 Å². The number of hydrogen-bond acceptors (Lipinski definition) is 3.